The highest BCUT2D eigenvalue weighted by Gasteiger charge is 2.13. The lowest BCUT2D eigenvalue weighted by atomic mass is 10.1. The van der Waals surface area contributed by atoms with Crippen molar-refractivity contribution in [3.8, 4) is 0 Å². The predicted octanol–water partition coefficient (Wildman–Crippen LogP) is 1.75. The Hall–Kier alpha value is -2.63. The summed E-state index contributed by atoms with van der Waals surface area (Å²) in [4.78, 5) is 27.1. The molecule has 21 heavy (non-hydrogen) atoms. The lowest BCUT2D eigenvalue weighted by Crippen LogP contribution is -2.27. The minimum absolute atomic E-state index is 0.155. The number of nitrogens with zero attached hydrogens (tertiary/aromatic N) is 2. The topological polar surface area (TPSA) is 84.2 Å². The Morgan fingerprint density at radius 2 is 2.24 bits per heavy atom. The molecule has 2 N–H and O–H groups in total. The van der Waals surface area contributed by atoms with Gasteiger partial charge in [-0.3, -0.25) is 9.78 Å². The van der Waals surface area contributed by atoms with E-state index in [0.29, 0.717) is 25.1 Å². The molecule has 110 valence electrons. The second-order valence-corrected chi connectivity index (χ2v) is 4.70. The fourth-order valence-corrected chi connectivity index (χ4v) is 2.05. The summed E-state index contributed by atoms with van der Waals surface area (Å²) in [7, 11) is 0. The molecule has 2 heterocycles. The number of aromatic carboxylic acids is 1. The second kappa shape index (κ2) is 6.69. The van der Waals surface area contributed by atoms with E-state index in [9.17, 15) is 9.59 Å². The van der Waals surface area contributed by atoms with Gasteiger partial charge in [-0.15, -0.1) is 0 Å². The standard InChI is InChI=1S/C15H17N3O3/c1-11-5-9-18(14(19)13(11)15(20)21)8-3-7-17-12-4-2-6-16-10-12/h2,4-6,9-10,17H,3,7-8H2,1H3,(H,20,21). The Bertz CT molecular complexity index is 680. The van der Waals surface area contributed by atoms with Crippen molar-refractivity contribution in [1.29, 1.82) is 0 Å². The summed E-state index contributed by atoms with van der Waals surface area (Å²) >= 11 is 0. The van der Waals surface area contributed by atoms with E-state index < -0.39 is 11.5 Å². The number of aromatic nitrogens is 2. The molecule has 0 radical (unpaired) electrons. The van der Waals surface area contributed by atoms with E-state index in [1.807, 2.05) is 12.1 Å². The first kappa shape index (κ1) is 14.8. The molecule has 0 spiro atoms. The number of pyridine rings is 2. The maximum absolute atomic E-state index is 12.0. The Kier molecular flexibility index (Phi) is 4.71. The Morgan fingerprint density at radius 1 is 1.43 bits per heavy atom. The number of anilines is 1. The van der Waals surface area contributed by atoms with Crippen molar-refractivity contribution in [2.24, 2.45) is 0 Å². The summed E-state index contributed by atoms with van der Waals surface area (Å²) in [5, 5.41) is 12.2. The van der Waals surface area contributed by atoms with Gasteiger partial charge < -0.3 is 15.0 Å². The molecule has 0 saturated heterocycles. The van der Waals surface area contributed by atoms with E-state index in [1.54, 1.807) is 31.6 Å². The highest BCUT2D eigenvalue weighted by atomic mass is 16.4. The molecule has 2 aromatic rings. The number of rotatable bonds is 6. The van der Waals surface area contributed by atoms with Gasteiger partial charge >= 0.3 is 5.97 Å². The molecule has 0 saturated carbocycles. The Morgan fingerprint density at radius 3 is 2.90 bits per heavy atom. The molecule has 0 fully saturated rings. The zero-order valence-electron chi connectivity index (χ0n) is 11.7. The molecule has 6 heteroatoms. The van der Waals surface area contributed by atoms with Crippen molar-refractivity contribution in [2.45, 2.75) is 19.9 Å². The third-order valence-corrected chi connectivity index (χ3v) is 3.15. The molecule has 2 aromatic heterocycles. The number of hydrogen-bond acceptors (Lipinski definition) is 4. The molecule has 2 rings (SSSR count). The Labute approximate surface area is 122 Å². The summed E-state index contributed by atoms with van der Waals surface area (Å²) in [6.07, 6.45) is 5.76. The minimum atomic E-state index is -1.18. The van der Waals surface area contributed by atoms with E-state index in [4.69, 9.17) is 5.11 Å². The van der Waals surface area contributed by atoms with Crippen LogP contribution in [0.3, 0.4) is 0 Å². The lowest BCUT2D eigenvalue weighted by molar-refractivity contribution is 0.0693. The largest absolute Gasteiger partial charge is 0.477 e. The molecule has 0 unspecified atom stereocenters. The summed E-state index contributed by atoms with van der Waals surface area (Å²) < 4.78 is 1.43. The normalized spacial score (nSPS) is 10.3. The predicted molar refractivity (Wildman–Crippen MR) is 79.7 cm³/mol. The van der Waals surface area contributed by atoms with Gasteiger partial charge in [-0.2, -0.15) is 0 Å². The summed E-state index contributed by atoms with van der Waals surface area (Å²) in [5.41, 5.74) is 0.791. The number of nitrogens with one attached hydrogen (secondary N) is 1. The first-order valence-electron chi connectivity index (χ1n) is 6.67. The second-order valence-electron chi connectivity index (χ2n) is 4.70. The van der Waals surface area contributed by atoms with E-state index in [2.05, 4.69) is 10.3 Å². The van der Waals surface area contributed by atoms with Crippen LogP contribution in [0.1, 0.15) is 22.3 Å². The lowest BCUT2D eigenvalue weighted by Gasteiger charge is -2.09. The van der Waals surface area contributed by atoms with Crippen molar-refractivity contribution in [2.75, 3.05) is 11.9 Å². The van der Waals surface area contributed by atoms with Crippen molar-refractivity contribution in [3.05, 3.63) is 58.3 Å². The molecule has 0 amide bonds. The van der Waals surface area contributed by atoms with Crippen LogP contribution in [0.5, 0.6) is 0 Å². The van der Waals surface area contributed by atoms with Gasteiger partial charge in [-0.05, 0) is 37.1 Å². The van der Waals surface area contributed by atoms with E-state index in [0.717, 1.165) is 5.69 Å². The van der Waals surface area contributed by atoms with Gasteiger partial charge in [0.05, 0.1) is 5.69 Å². The van der Waals surface area contributed by atoms with E-state index >= 15 is 0 Å². The van der Waals surface area contributed by atoms with Crippen LogP contribution in [0, 0.1) is 6.92 Å². The van der Waals surface area contributed by atoms with Gasteiger partial charge in [-0.1, -0.05) is 0 Å². The van der Waals surface area contributed by atoms with Gasteiger partial charge in [-0.25, -0.2) is 4.79 Å². The number of carboxylic acids is 1. The van der Waals surface area contributed by atoms with Crippen molar-refractivity contribution in [1.82, 2.24) is 9.55 Å². The maximum atomic E-state index is 12.0. The maximum Gasteiger partial charge on any atom is 0.341 e. The third kappa shape index (κ3) is 3.68. The van der Waals surface area contributed by atoms with Crippen LogP contribution < -0.4 is 10.9 Å². The quantitative estimate of drug-likeness (QED) is 0.791. The summed E-state index contributed by atoms with van der Waals surface area (Å²) in [5.74, 6) is -1.18. The van der Waals surface area contributed by atoms with E-state index in [-0.39, 0.29) is 5.56 Å². The van der Waals surface area contributed by atoms with Crippen molar-refractivity contribution in [3.63, 3.8) is 0 Å². The SMILES string of the molecule is Cc1ccn(CCCNc2cccnc2)c(=O)c1C(=O)O. The zero-order valence-corrected chi connectivity index (χ0v) is 11.7. The fraction of sp³-hybridized carbons (Fsp3) is 0.267. The molecule has 0 aliphatic rings. The van der Waals surface area contributed by atoms with Crippen LogP contribution >= 0.6 is 0 Å². The van der Waals surface area contributed by atoms with Crippen LogP contribution in [0.25, 0.3) is 0 Å². The van der Waals surface area contributed by atoms with Gasteiger partial charge in [0.25, 0.3) is 5.56 Å². The molecule has 0 bridgehead atoms. The molecule has 0 aromatic carbocycles. The number of carbonyl (C=O) groups is 1. The molecule has 0 aliphatic heterocycles. The molecular formula is C15H17N3O3. The number of carboxylic acid groups (broad SMARTS) is 1. The van der Waals surface area contributed by atoms with Crippen LogP contribution in [0.4, 0.5) is 5.69 Å². The van der Waals surface area contributed by atoms with Gasteiger partial charge in [0.15, 0.2) is 0 Å². The number of hydrogen-bond donors (Lipinski definition) is 2. The highest BCUT2D eigenvalue weighted by molar-refractivity contribution is 5.88. The van der Waals surface area contributed by atoms with Gasteiger partial charge in [0, 0.05) is 31.7 Å². The number of aryl methyl sites for hydroxylation is 2. The van der Waals surface area contributed by atoms with Crippen LogP contribution in [-0.2, 0) is 6.54 Å². The average Bonchev–Trinajstić information content (AvgIpc) is 2.46. The highest BCUT2D eigenvalue weighted by Crippen LogP contribution is 2.04. The summed E-state index contributed by atoms with van der Waals surface area (Å²) in [6, 6.07) is 5.40. The molecular weight excluding hydrogens is 270 g/mol. The molecule has 6 nitrogen and oxygen atoms in total. The van der Waals surface area contributed by atoms with Gasteiger partial charge in [0.1, 0.15) is 5.56 Å². The Balaban J connectivity index is 1.96. The minimum Gasteiger partial charge on any atom is -0.477 e. The fourth-order valence-electron chi connectivity index (χ4n) is 2.05. The van der Waals surface area contributed by atoms with Crippen LogP contribution in [0.2, 0.25) is 0 Å². The first-order chi connectivity index (χ1) is 10.1. The van der Waals surface area contributed by atoms with Crippen molar-refractivity contribution >= 4 is 11.7 Å². The zero-order chi connectivity index (χ0) is 15.2. The average molecular weight is 287 g/mol. The van der Waals surface area contributed by atoms with Crippen molar-refractivity contribution < 1.29 is 9.90 Å². The molecule has 0 aliphatic carbocycles. The first-order valence-corrected chi connectivity index (χ1v) is 6.67. The van der Waals surface area contributed by atoms with E-state index in [1.165, 1.54) is 4.57 Å². The van der Waals surface area contributed by atoms with Gasteiger partial charge in [0.2, 0.25) is 0 Å². The van der Waals surface area contributed by atoms with Crippen LogP contribution in [-0.4, -0.2) is 27.2 Å². The smallest absolute Gasteiger partial charge is 0.341 e. The molecule has 0 atom stereocenters. The summed E-state index contributed by atoms with van der Waals surface area (Å²) in [6.45, 7) is 2.76. The monoisotopic (exact) mass is 287 g/mol. The third-order valence-electron chi connectivity index (χ3n) is 3.15. The van der Waals surface area contributed by atoms with Crippen LogP contribution in [0.15, 0.2) is 41.6 Å².